The van der Waals surface area contributed by atoms with Crippen LogP contribution in [0.4, 0.5) is 5.69 Å². The molecule has 10 heteroatoms. The summed E-state index contributed by atoms with van der Waals surface area (Å²) in [5.41, 5.74) is 3.59. The van der Waals surface area contributed by atoms with Gasteiger partial charge in [0.05, 0.1) is 22.7 Å². The van der Waals surface area contributed by atoms with Crippen LogP contribution in [0.3, 0.4) is 0 Å². The lowest BCUT2D eigenvalue weighted by molar-refractivity contribution is 0.0733. The lowest BCUT2D eigenvalue weighted by atomic mass is 9.98. The molecule has 1 heterocycles. The van der Waals surface area contributed by atoms with Gasteiger partial charge in [0, 0.05) is 28.8 Å². The second-order valence-electron chi connectivity index (χ2n) is 8.85. The number of sulfonamides is 1. The average molecular weight is 626 g/mol. The van der Waals surface area contributed by atoms with E-state index in [1.165, 1.54) is 12.1 Å². The van der Waals surface area contributed by atoms with Gasteiger partial charge in [-0.2, -0.15) is 0 Å². The molecular formula is C27H27BrCl2N2O4S. The number of hydrogen-bond acceptors (Lipinski definition) is 4. The van der Waals surface area contributed by atoms with Crippen LogP contribution in [-0.4, -0.2) is 32.9 Å². The summed E-state index contributed by atoms with van der Waals surface area (Å²) in [5, 5.41) is 0.0180. The second-order valence-corrected chi connectivity index (χ2v) is 12.2. The maximum Gasteiger partial charge on any atom is 0.263 e. The van der Waals surface area contributed by atoms with Crippen LogP contribution < -0.4 is 9.46 Å². The van der Waals surface area contributed by atoms with E-state index >= 15 is 0 Å². The number of carbonyl (C=O) groups is 1. The molecule has 0 aliphatic carbocycles. The summed E-state index contributed by atoms with van der Waals surface area (Å²) in [4.78, 5) is 14.9. The van der Waals surface area contributed by atoms with Crippen molar-refractivity contribution in [3.05, 3.63) is 85.3 Å². The molecule has 0 spiro atoms. The van der Waals surface area contributed by atoms with Gasteiger partial charge in [0.1, 0.15) is 10.6 Å². The first kappa shape index (κ1) is 27.8. The smallest absolute Gasteiger partial charge is 0.263 e. The SMILES string of the molecule is CCCCc1ccc(NS(=O)(=O)c2cc(C(=O)N3CCc4c(Br)ccc(OC)c4C3)c(Cl)cc2Cl)cc1. The summed E-state index contributed by atoms with van der Waals surface area (Å²) < 4.78 is 35.5. The summed E-state index contributed by atoms with van der Waals surface area (Å²) in [6.07, 6.45) is 3.70. The monoisotopic (exact) mass is 624 g/mol. The molecule has 0 saturated carbocycles. The topological polar surface area (TPSA) is 75.7 Å². The Morgan fingerprint density at radius 3 is 2.49 bits per heavy atom. The van der Waals surface area contributed by atoms with Crippen molar-refractivity contribution >= 4 is 60.7 Å². The predicted molar refractivity (Wildman–Crippen MR) is 151 cm³/mol. The molecule has 1 N–H and O–H groups in total. The van der Waals surface area contributed by atoms with Crippen LogP contribution in [0.25, 0.3) is 0 Å². The Kier molecular flexibility index (Phi) is 8.74. The molecule has 3 aromatic rings. The fourth-order valence-electron chi connectivity index (χ4n) is 4.37. The number of rotatable bonds is 8. The van der Waals surface area contributed by atoms with Gasteiger partial charge in [-0.05, 0) is 66.8 Å². The van der Waals surface area contributed by atoms with E-state index in [0.29, 0.717) is 30.9 Å². The number of nitrogens with one attached hydrogen (secondary N) is 1. The van der Waals surface area contributed by atoms with E-state index in [-0.39, 0.29) is 26.4 Å². The van der Waals surface area contributed by atoms with E-state index in [4.69, 9.17) is 27.9 Å². The second kappa shape index (κ2) is 11.6. The van der Waals surface area contributed by atoms with Crippen LogP contribution in [0, 0.1) is 0 Å². The highest BCUT2D eigenvalue weighted by molar-refractivity contribution is 9.10. The number of aryl methyl sites for hydroxylation is 1. The van der Waals surface area contributed by atoms with Gasteiger partial charge in [-0.1, -0.05) is 64.6 Å². The lowest BCUT2D eigenvalue weighted by Gasteiger charge is -2.31. The molecule has 196 valence electrons. The van der Waals surface area contributed by atoms with Crippen LogP contribution in [0.1, 0.15) is 46.8 Å². The highest BCUT2D eigenvalue weighted by Gasteiger charge is 2.29. The third-order valence-electron chi connectivity index (χ3n) is 6.39. The number of fused-ring (bicyclic) bond motifs is 1. The van der Waals surface area contributed by atoms with Crippen molar-refractivity contribution in [3.8, 4) is 5.75 Å². The number of anilines is 1. The van der Waals surface area contributed by atoms with Gasteiger partial charge in [-0.3, -0.25) is 9.52 Å². The maximum atomic E-state index is 13.5. The molecule has 1 amide bonds. The molecule has 0 atom stereocenters. The van der Waals surface area contributed by atoms with Crippen LogP contribution in [0.5, 0.6) is 5.75 Å². The zero-order valence-corrected chi connectivity index (χ0v) is 24.4. The molecule has 1 aliphatic heterocycles. The molecule has 0 radical (unpaired) electrons. The van der Waals surface area contributed by atoms with E-state index in [9.17, 15) is 13.2 Å². The molecule has 1 aliphatic rings. The van der Waals surface area contributed by atoms with E-state index in [0.717, 1.165) is 40.4 Å². The molecular weight excluding hydrogens is 599 g/mol. The first-order valence-electron chi connectivity index (χ1n) is 11.9. The molecule has 0 saturated heterocycles. The number of amides is 1. The van der Waals surface area contributed by atoms with Crippen LogP contribution >= 0.6 is 39.1 Å². The van der Waals surface area contributed by atoms with Gasteiger partial charge in [-0.25, -0.2) is 8.42 Å². The number of hydrogen-bond donors (Lipinski definition) is 1. The first-order chi connectivity index (χ1) is 17.6. The predicted octanol–water partition coefficient (Wildman–Crippen LogP) is 7.11. The fraction of sp³-hybridized carbons (Fsp3) is 0.296. The molecule has 0 fully saturated rings. The van der Waals surface area contributed by atoms with Crippen LogP contribution in [0.15, 0.2) is 57.9 Å². The minimum atomic E-state index is -4.08. The van der Waals surface area contributed by atoms with E-state index < -0.39 is 10.0 Å². The van der Waals surface area contributed by atoms with Gasteiger partial charge in [0.2, 0.25) is 0 Å². The molecule has 4 rings (SSSR count). The zero-order chi connectivity index (χ0) is 26.7. The number of carbonyl (C=O) groups excluding carboxylic acids is 1. The van der Waals surface area contributed by atoms with Crippen molar-refractivity contribution in [3.63, 3.8) is 0 Å². The van der Waals surface area contributed by atoms with Gasteiger partial charge < -0.3 is 9.64 Å². The van der Waals surface area contributed by atoms with Gasteiger partial charge in [-0.15, -0.1) is 0 Å². The van der Waals surface area contributed by atoms with Crippen molar-refractivity contribution in [1.82, 2.24) is 4.90 Å². The van der Waals surface area contributed by atoms with Crippen LogP contribution in [0.2, 0.25) is 10.0 Å². The normalized spacial score (nSPS) is 13.3. The van der Waals surface area contributed by atoms with Gasteiger partial charge >= 0.3 is 0 Å². The zero-order valence-electron chi connectivity index (χ0n) is 20.5. The standard InChI is InChI=1S/C27H27BrCl2N2O4S/c1-3-4-5-17-6-8-18(9-7-17)31-37(34,35)26-14-20(23(29)15-24(26)30)27(33)32-13-12-19-21(16-32)25(36-2)11-10-22(19)28/h6-11,14-15,31H,3-5,12-13,16H2,1-2H3. The Bertz CT molecular complexity index is 1430. The van der Waals surface area contributed by atoms with Gasteiger partial charge in [0.15, 0.2) is 0 Å². The molecule has 37 heavy (non-hydrogen) atoms. The average Bonchev–Trinajstić information content (AvgIpc) is 2.87. The fourth-order valence-corrected chi connectivity index (χ4v) is 6.85. The first-order valence-corrected chi connectivity index (χ1v) is 14.9. The summed E-state index contributed by atoms with van der Waals surface area (Å²) in [6.45, 7) is 2.87. The number of halogens is 3. The highest BCUT2D eigenvalue weighted by Crippen LogP contribution is 2.36. The lowest BCUT2D eigenvalue weighted by Crippen LogP contribution is -2.36. The number of unbranched alkanes of at least 4 members (excludes halogenated alkanes) is 1. The maximum absolute atomic E-state index is 13.5. The Labute approximate surface area is 236 Å². The Balaban J connectivity index is 1.60. The van der Waals surface area contributed by atoms with E-state index in [2.05, 4.69) is 27.6 Å². The van der Waals surface area contributed by atoms with Crippen molar-refractivity contribution in [2.75, 3.05) is 18.4 Å². The largest absolute Gasteiger partial charge is 0.496 e. The minimum absolute atomic E-state index is 0.0665. The third kappa shape index (κ3) is 6.08. The van der Waals surface area contributed by atoms with Crippen molar-refractivity contribution in [1.29, 1.82) is 0 Å². The van der Waals surface area contributed by atoms with Crippen molar-refractivity contribution in [2.45, 2.75) is 44.0 Å². The van der Waals surface area contributed by atoms with Gasteiger partial charge in [0.25, 0.3) is 15.9 Å². The van der Waals surface area contributed by atoms with E-state index in [1.807, 2.05) is 24.3 Å². The number of ether oxygens (including phenoxy) is 1. The summed E-state index contributed by atoms with van der Waals surface area (Å²) in [5.74, 6) is 0.303. The third-order valence-corrected chi connectivity index (χ3v) is 9.29. The molecule has 0 bridgehead atoms. The van der Waals surface area contributed by atoms with Crippen LogP contribution in [-0.2, 0) is 29.4 Å². The number of methoxy groups -OCH3 is 1. The summed E-state index contributed by atoms with van der Waals surface area (Å²) >= 11 is 16.3. The summed E-state index contributed by atoms with van der Waals surface area (Å²) in [6, 6.07) is 13.5. The molecule has 3 aromatic carbocycles. The number of benzene rings is 3. The van der Waals surface area contributed by atoms with E-state index in [1.54, 1.807) is 24.1 Å². The molecule has 0 aromatic heterocycles. The van der Waals surface area contributed by atoms with Crippen molar-refractivity contribution < 1.29 is 17.9 Å². The quantitative estimate of drug-likeness (QED) is 0.290. The molecule has 0 unspecified atom stereocenters. The highest BCUT2D eigenvalue weighted by atomic mass is 79.9. The summed E-state index contributed by atoms with van der Waals surface area (Å²) in [7, 11) is -2.49. The Hall–Kier alpha value is -2.26. The Morgan fingerprint density at radius 1 is 1.08 bits per heavy atom. The van der Waals surface area contributed by atoms with Crippen molar-refractivity contribution in [2.24, 2.45) is 0 Å². The minimum Gasteiger partial charge on any atom is -0.496 e. The molecule has 6 nitrogen and oxygen atoms in total. The Morgan fingerprint density at radius 2 is 1.81 bits per heavy atom. The number of nitrogens with zero attached hydrogens (tertiary/aromatic N) is 1.